The lowest BCUT2D eigenvalue weighted by atomic mass is 10.1. The zero-order valence-corrected chi connectivity index (χ0v) is 8.99. The Morgan fingerprint density at radius 2 is 1.67 bits per heavy atom. The quantitative estimate of drug-likeness (QED) is 0.765. The van der Waals surface area contributed by atoms with Crippen molar-refractivity contribution in [2.45, 2.75) is 13.8 Å². The number of nitrogens with zero attached hydrogens (tertiary/aromatic N) is 1. The van der Waals surface area contributed by atoms with Gasteiger partial charge in [0.05, 0.1) is 11.4 Å². The van der Waals surface area contributed by atoms with E-state index in [1.54, 1.807) is 0 Å². The summed E-state index contributed by atoms with van der Waals surface area (Å²) in [6.07, 6.45) is 1.84. The van der Waals surface area contributed by atoms with Gasteiger partial charge < -0.3 is 5.73 Å². The molecule has 0 fully saturated rings. The fourth-order valence-corrected chi connectivity index (χ4v) is 1.54. The Labute approximate surface area is 89.8 Å². The van der Waals surface area contributed by atoms with E-state index in [4.69, 9.17) is 5.73 Å². The summed E-state index contributed by atoms with van der Waals surface area (Å²) >= 11 is 0. The summed E-state index contributed by atoms with van der Waals surface area (Å²) in [5.41, 5.74) is 10.9. The number of aromatic nitrogens is 1. The molecular weight excluding hydrogens is 184 g/mol. The molecular formula is C13H14N2. The highest BCUT2D eigenvalue weighted by molar-refractivity contribution is 5.72. The fraction of sp³-hybridized carbons (Fsp3) is 0.154. The van der Waals surface area contributed by atoms with Gasteiger partial charge >= 0.3 is 0 Å². The minimum atomic E-state index is 0.735. The van der Waals surface area contributed by atoms with Gasteiger partial charge in [-0.05, 0) is 25.5 Å². The van der Waals surface area contributed by atoms with Crippen LogP contribution in [0.5, 0.6) is 0 Å². The molecule has 2 heteroatoms. The van der Waals surface area contributed by atoms with Crippen molar-refractivity contribution < 1.29 is 0 Å². The maximum absolute atomic E-state index is 5.93. The van der Waals surface area contributed by atoms with Crippen LogP contribution in [0.2, 0.25) is 0 Å². The maximum Gasteiger partial charge on any atom is 0.0931 e. The molecule has 0 saturated heterocycles. The number of pyridine rings is 1. The smallest absolute Gasteiger partial charge is 0.0931 e. The molecule has 0 spiro atoms. The van der Waals surface area contributed by atoms with Gasteiger partial charge in [-0.15, -0.1) is 0 Å². The molecule has 0 aliphatic carbocycles. The SMILES string of the molecule is Cc1ccc(-c2ncc(C)cc2N)cc1. The molecule has 15 heavy (non-hydrogen) atoms. The van der Waals surface area contributed by atoms with E-state index in [1.165, 1.54) is 5.56 Å². The van der Waals surface area contributed by atoms with E-state index in [1.807, 2.05) is 31.3 Å². The second-order valence-corrected chi connectivity index (χ2v) is 3.82. The summed E-state index contributed by atoms with van der Waals surface area (Å²) in [6, 6.07) is 10.2. The van der Waals surface area contributed by atoms with Crippen molar-refractivity contribution in [3.8, 4) is 11.3 Å². The Bertz CT molecular complexity index is 472. The Kier molecular flexibility index (Phi) is 2.42. The van der Waals surface area contributed by atoms with Crippen LogP contribution in [0.15, 0.2) is 36.5 Å². The van der Waals surface area contributed by atoms with Crippen molar-refractivity contribution in [1.82, 2.24) is 4.98 Å². The molecule has 0 aliphatic heterocycles. The van der Waals surface area contributed by atoms with Crippen LogP contribution in [0.25, 0.3) is 11.3 Å². The highest BCUT2D eigenvalue weighted by Crippen LogP contribution is 2.23. The van der Waals surface area contributed by atoms with Gasteiger partial charge in [0.2, 0.25) is 0 Å². The average Bonchev–Trinajstić information content (AvgIpc) is 2.20. The first-order valence-corrected chi connectivity index (χ1v) is 4.96. The van der Waals surface area contributed by atoms with Gasteiger partial charge in [0, 0.05) is 11.8 Å². The molecule has 0 atom stereocenters. The number of hydrogen-bond donors (Lipinski definition) is 1. The minimum Gasteiger partial charge on any atom is -0.397 e. The third-order valence-electron chi connectivity index (χ3n) is 2.38. The van der Waals surface area contributed by atoms with E-state index < -0.39 is 0 Å². The standard InChI is InChI=1S/C13H14N2/c1-9-3-5-11(6-4-9)13-12(14)7-10(2)8-15-13/h3-8H,14H2,1-2H3. The fourth-order valence-electron chi connectivity index (χ4n) is 1.54. The van der Waals surface area contributed by atoms with E-state index in [0.29, 0.717) is 0 Å². The van der Waals surface area contributed by atoms with Gasteiger partial charge in [-0.25, -0.2) is 0 Å². The number of hydrogen-bond acceptors (Lipinski definition) is 2. The van der Waals surface area contributed by atoms with Crippen molar-refractivity contribution in [1.29, 1.82) is 0 Å². The first-order chi connectivity index (χ1) is 7.16. The van der Waals surface area contributed by atoms with Gasteiger partial charge in [-0.2, -0.15) is 0 Å². The molecule has 2 rings (SSSR count). The van der Waals surface area contributed by atoms with Crippen molar-refractivity contribution in [3.63, 3.8) is 0 Å². The lowest BCUT2D eigenvalue weighted by Gasteiger charge is -2.05. The van der Waals surface area contributed by atoms with Gasteiger partial charge in [-0.1, -0.05) is 29.8 Å². The van der Waals surface area contributed by atoms with E-state index in [0.717, 1.165) is 22.5 Å². The number of aryl methyl sites for hydroxylation is 2. The highest BCUT2D eigenvalue weighted by atomic mass is 14.7. The Morgan fingerprint density at radius 3 is 2.27 bits per heavy atom. The van der Waals surface area contributed by atoms with Gasteiger partial charge in [-0.3, -0.25) is 4.98 Å². The minimum absolute atomic E-state index is 0.735. The Hall–Kier alpha value is -1.83. The molecule has 0 unspecified atom stereocenters. The van der Waals surface area contributed by atoms with Crippen LogP contribution in [0.3, 0.4) is 0 Å². The lowest BCUT2D eigenvalue weighted by molar-refractivity contribution is 1.27. The normalized spacial score (nSPS) is 10.3. The third-order valence-corrected chi connectivity index (χ3v) is 2.38. The van der Waals surface area contributed by atoms with Crippen LogP contribution >= 0.6 is 0 Å². The molecule has 76 valence electrons. The molecule has 0 saturated carbocycles. The molecule has 0 bridgehead atoms. The summed E-state index contributed by atoms with van der Waals surface area (Å²) < 4.78 is 0. The first-order valence-electron chi connectivity index (χ1n) is 4.96. The number of nitrogen functional groups attached to an aromatic ring is 1. The molecule has 2 nitrogen and oxygen atoms in total. The van der Waals surface area contributed by atoms with Crippen molar-refractivity contribution in [3.05, 3.63) is 47.7 Å². The van der Waals surface area contributed by atoms with Crippen LogP contribution in [0.1, 0.15) is 11.1 Å². The largest absolute Gasteiger partial charge is 0.397 e. The van der Waals surface area contributed by atoms with E-state index in [9.17, 15) is 0 Å². The molecule has 0 amide bonds. The predicted molar refractivity (Wildman–Crippen MR) is 63.6 cm³/mol. The van der Waals surface area contributed by atoms with Crippen LogP contribution in [-0.4, -0.2) is 4.98 Å². The maximum atomic E-state index is 5.93. The van der Waals surface area contributed by atoms with E-state index in [2.05, 4.69) is 24.0 Å². The van der Waals surface area contributed by atoms with Crippen LogP contribution < -0.4 is 5.73 Å². The van der Waals surface area contributed by atoms with Crippen molar-refractivity contribution in [2.75, 3.05) is 5.73 Å². The zero-order valence-electron chi connectivity index (χ0n) is 8.99. The molecule has 1 heterocycles. The van der Waals surface area contributed by atoms with Crippen molar-refractivity contribution in [2.24, 2.45) is 0 Å². The van der Waals surface area contributed by atoms with Crippen molar-refractivity contribution >= 4 is 5.69 Å². The summed E-state index contributed by atoms with van der Waals surface area (Å²) in [7, 11) is 0. The summed E-state index contributed by atoms with van der Waals surface area (Å²) in [4.78, 5) is 4.35. The number of benzene rings is 1. The summed E-state index contributed by atoms with van der Waals surface area (Å²) in [6.45, 7) is 4.05. The molecule has 0 aliphatic rings. The highest BCUT2D eigenvalue weighted by Gasteiger charge is 2.03. The first kappa shape index (κ1) is 9.71. The monoisotopic (exact) mass is 198 g/mol. The molecule has 1 aromatic carbocycles. The predicted octanol–water partition coefficient (Wildman–Crippen LogP) is 2.95. The number of rotatable bonds is 1. The Morgan fingerprint density at radius 1 is 1.00 bits per heavy atom. The Balaban J connectivity index is 2.49. The van der Waals surface area contributed by atoms with E-state index in [-0.39, 0.29) is 0 Å². The molecule has 0 radical (unpaired) electrons. The van der Waals surface area contributed by atoms with Gasteiger partial charge in [0.15, 0.2) is 0 Å². The van der Waals surface area contributed by atoms with Crippen LogP contribution in [-0.2, 0) is 0 Å². The van der Waals surface area contributed by atoms with Gasteiger partial charge in [0.1, 0.15) is 0 Å². The summed E-state index contributed by atoms with van der Waals surface area (Å²) in [5.74, 6) is 0. The second-order valence-electron chi connectivity index (χ2n) is 3.82. The second kappa shape index (κ2) is 3.73. The van der Waals surface area contributed by atoms with Crippen LogP contribution in [0.4, 0.5) is 5.69 Å². The topological polar surface area (TPSA) is 38.9 Å². The molecule has 2 N–H and O–H groups in total. The zero-order chi connectivity index (χ0) is 10.8. The van der Waals surface area contributed by atoms with E-state index >= 15 is 0 Å². The average molecular weight is 198 g/mol. The lowest BCUT2D eigenvalue weighted by Crippen LogP contribution is -1.94. The van der Waals surface area contributed by atoms with Gasteiger partial charge in [0.25, 0.3) is 0 Å². The number of nitrogens with two attached hydrogens (primary N) is 1. The number of anilines is 1. The molecule has 1 aromatic heterocycles. The summed E-state index contributed by atoms with van der Waals surface area (Å²) in [5, 5.41) is 0. The van der Waals surface area contributed by atoms with Crippen LogP contribution in [0, 0.1) is 13.8 Å². The molecule has 2 aromatic rings. The third kappa shape index (κ3) is 1.99.